The molecule has 0 bridgehead atoms. The van der Waals surface area contributed by atoms with E-state index in [9.17, 15) is 4.79 Å². The van der Waals surface area contributed by atoms with Crippen LogP contribution in [0.4, 0.5) is 0 Å². The monoisotopic (exact) mass is 365 g/mol. The van der Waals surface area contributed by atoms with E-state index in [2.05, 4.69) is 28.9 Å². The summed E-state index contributed by atoms with van der Waals surface area (Å²) in [5.74, 6) is 0.891. The predicted octanol–water partition coefficient (Wildman–Crippen LogP) is 3.81. The molecule has 0 amide bonds. The second-order valence-electron chi connectivity index (χ2n) is 6.81. The number of benzene rings is 1. The molecule has 0 aliphatic rings. The Kier molecular flexibility index (Phi) is 6.24. The van der Waals surface area contributed by atoms with Crippen LogP contribution in [0.15, 0.2) is 53.5 Å². The zero-order valence-electron chi connectivity index (χ0n) is 16.3. The van der Waals surface area contributed by atoms with Crippen molar-refractivity contribution in [3.05, 3.63) is 75.8 Å². The van der Waals surface area contributed by atoms with Crippen LogP contribution in [0.5, 0.6) is 5.75 Å². The zero-order valence-corrected chi connectivity index (χ0v) is 16.3. The summed E-state index contributed by atoms with van der Waals surface area (Å²) in [6.07, 6.45) is 2.88. The Hall–Kier alpha value is -2.66. The summed E-state index contributed by atoms with van der Waals surface area (Å²) in [6, 6.07) is 13.7. The average molecular weight is 365 g/mol. The first-order chi connectivity index (χ1) is 13.1. The highest BCUT2D eigenvalue weighted by atomic mass is 16.5. The van der Waals surface area contributed by atoms with E-state index < -0.39 is 0 Å². The van der Waals surface area contributed by atoms with Gasteiger partial charge in [0.1, 0.15) is 11.4 Å². The third-order valence-corrected chi connectivity index (χ3v) is 4.43. The number of aromatic nitrogens is 2. The lowest BCUT2D eigenvalue weighted by molar-refractivity contribution is 0.254. The maximum absolute atomic E-state index is 12.4. The molecule has 0 atom stereocenters. The van der Waals surface area contributed by atoms with Gasteiger partial charge in [-0.2, -0.15) is 0 Å². The standard InChI is InChI=1S/C22H27N3O2/c1-4-12-24(15-18-7-9-20(10-8-18)27-5-2)16-19-13-22(26)25-14-17(3)6-11-21(25)23-19/h6-11,13-14H,4-5,12,15-16H2,1-3H3. The van der Waals surface area contributed by atoms with Crippen molar-refractivity contribution < 1.29 is 4.74 Å². The molecule has 3 aromatic rings. The van der Waals surface area contributed by atoms with Gasteiger partial charge in [-0.15, -0.1) is 0 Å². The lowest BCUT2D eigenvalue weighted by Gasteiger charge is -2.21. The fourth-order valence-corrected chi connectivity index (χ4v) is 3.21. The molecule has 2 aromatic heterocycles. The van der Waals surface area contributed by atoms with Gasteiger partial charge in [-0.05, 0) is 56.1 Å². The van der Waals surface area contributed by atoms with Crippen molar-refractivity contribution >= 4 is 5.65 Å². The molecular formula is C22H27N3O2. The van der Waals surface area contributed by atoms with Crippen LogP contribution in [0, 0.1) is 6.92 Å². The minimum atomic E-state index is -0.0313. The maximum Gasteiger partial charge on any atom is 0.258 e. The fraction of sp³-hybridized carbons (Fsp3) is 0.364. The van der Waals surface area contributed by atoms with Gasteiger partial charge in [-0.1, -0.05) is 25.1 Å². The first-order valence-corrected chi connectivity index (χ1v) is 9.52. The van der Waals surface area contributed by atoms with Gasteiger partial charge in [0.15, 0.2) is 0 Å². The highest BCUT2D eigenvalue weighted by Crippen LogP contribution is 2.15. The Bertz CT molecular complexity index is 948. The van der Waals surface area contributed by atoms with Crippen LogP contribution in [0.1, 0.15) is 37.1 Å². The van der Waals surface area contributed by atoms with E-state index in [1.54, 1.807) is 10.5 Å². The normalized spacial score (nSPS) is 11.3. The van der Waals surface area contributed by atoms with Crippen LogP contribution in [-0.2, 0) is 13.1 Å². The van der Waals surface area contributed by atoms with Gasteiger partial charge in [0, 0.05) is 25.4 Å². The van der Waals surface area contributed by atoms with Gasteiger partial charge in [0.25, 0.3) is 5.56 Å². The summed E-state index contributed by atoms with van der Waals surface area (Å²) < 4.78 is 7.12. The van der Waals surface area contributed by atoms with Crippen molar-refractivity contribution in [1.29, 1.82) is 0 Å². The molecule has 0 saturated carbocycles. The second-order valence-corrected chi connectivity index (χ2v) is 6.81. The van der Waals surface area contributed by atoms with Crippen LogP contribution in [-0.4, -0.2) is 27.4 Å². The summed E-state index contributed by atoms with van der Waals surface area (Å²) in [5, 5.41) is 0. The van der Waals surface area contributed by atoms with Crippen LogP contribution < -0.4 is 10.3 Å². The Morgan fingerprint density at radius 1 is 1.07 bits per heavy atom. The summed E-state index contributed by atoms with van der Waals surface area (Å²) in [6.45, 7) is 9.20. The molecule has 0 spiro atoms. The van der Waals surface area contributed by atoms with Crippen molar-refractivity contribution in [3.63, 3.8) is 0 Å². The summed E-state index contributed by atoms with van der Waals surface area (Å²) in [7, 11) is 0. The highest BCUT2D eigenvalue weighted by molar-refractivity contribution is 5.40. The molecule has 142 valence electrons. The lowest BCUT2D eigenvalue weighted by atomic mass is 10.2. The van der Waals surface area contributed by atoms with E-state index in [1.165, 1.54) is 5.56 Å². The van der Waals surface area contributed by atoms with Crippen molar-refractivity contribution in [2.75, 3.05) is 13.2 Å². The van der Waals surface area contributed by atoms with E-state index in [4.69, 9.17) is 4.74 Å². The lowest BCUT2D eigenvalue weighted by Crippen LogP contribution is -2.26. The highest BCUT2D eigenvalue weighted by Gasteiger charge is 2.10. The van der Waals surface area contributed by atoms with E-state index in [0.29, 0.717) is 18.8 Å². The summed E-state index contributed by atoms with van der Waals surface area (Å²) in [5.41, 5.74) is 3.74. The maximum atomic E-state index is 12.4. The number of nitrogens with zero attached hydrogens (tertiary/aromatic N) is 3. The number of hydrogen-bond acceptors (Lipinski definition) is 4. The Morgan fingerprint density at radius 3 is 2.56 bits per heavy atom. The fourth-order valence-electron chi connectivity index (χ4n) is 3.21. The minimum Gasteiger partial charge on any atom is -0.494 e. The molecule has 3 rings (SSSR count). The third-order valence-electron chi connectivity index (χ3n) is 4.43. The molecular weight excluding hydrogens is 338 g/mol. The van der Waals surface area contributed by atoms with E-state index in [1.807, 2.05) is 44.3 Å². The van der Waals surface area contributed by atoms with Crippen LogP contribution in [0.2, 0.25) is 0 Å². The Balaban J connectivity index is 1.78. The first-order valence-electron chi connectivity index (χ1n) is 9.52. The second kappa shape index (κ2) is 8.82. The van der Waals surface area contributed by atoms with E-state index in [0.717, 1.165) is 36.5 Å². The summed E-state index contributed by atoms with van der Waals surface area (Å²) in [4.78, 5) is 19.4. The molecule has 0 aliphatic carbocycles. The SMILES string of the molecule is CCCN(Cc1ccc(OCC)cc1)Cc1cc(=O)n2cc(C)ccc2n1. The summed E-state index contributed by atoms with van der Waals surface area (Å²) >= 11 is 0. The average Bonchev–Trinajstić information content (AvgIpc) is 2.64. The minimum absolute atomic E-state index is 0.0313. The van der Waals surface area contributed by atoms with Gasteiger partial charge in [-0.3, -0.25) is 14.1 Å². The molecule has 0 fully saturated rings. The van der Waals surface area contributed by atoms with E-state index in [-0.39, 0.29) is 5.56 Å². The van der Waals surface area contributed by atoms with Gasteiger partial charge in [0.05, 0.1) is 12.3 Å². The number of rotatable bonds is 8. The molecule has 5 nitrogen and oxygen atoms in total. The van der Waals surface area contributed by atoms with Gasteiger partial charge >= 0.3 is 0 Å². The van der Waals surface area contributed by atoms with Gasteiger partial charge < -0.3 is 4.74 Å². The number of hydrogen-bond donors (Lipinski definition) is 0. The van der Waals surface area contributed by atoms with Crippen molar-refractivity contribution in [1.82, 2.24) is 14.3 Å². The molecule has 0 aliphatic heterocycles. The third kappa shape index (κ3) is 4.95. The number of pyridine rings is 1. The molecule has 0 saturated heterocycles. The van der Waals surface area contributed by atoms with Crippen molar-refractivity contribution in [3.8, 4) is 5.75 Å². The smallest absolute Gasteiger partial charge is 0.258 e. The molecule has 5 heteroatoms. The zero-order chi connectivity index (χ0) is 19.2. The van der Waals surface area contributed by atoms with Crippen LogP contribution in [0.3, 0.4) is 0 Å². The topological polar surface area (TPSA) is 46.8 Å². The first kappa shape index (κ1) is 19.1. The predicted molar refractivity (Wildman–Crippen MR) is 108 cm³/mol. The van der Waals surface area contributed by atoms with E-state index >= 15 is 0 Å². The number of ether oxygens (including phenoxy) is 1. The number of fused-ring (bicyclic) bond motifs is 1. The quantitative estimate of drug-likeness (QED) is 0.609. The van der Waals surface area contributed by atoms with Crippen LogP contribution >= 0.6 is 0 Å². The number of aryl methyl sites for hydroxylation is 1. The molecule has 2 heterocycles. The van der Waals surface area contributed by atoms with Gasteiger partial charge in [0.2, 0.25) is 0 Å². The molecule has 0 N–H and O–H groups in total. The Morgan fingerprint density at radius 2 is 1.85 bits per heavy atom. The molecule has 27 heavy (non-hydrogen) atoms. The van der Waals surface area contributed by atoms with Crippen LogP contribution in [0.25, 0.3) is 5.65 Å². The van der Waals surface area contributed by atoms with Gasteiger partial charge in [-0.25, -0.2) is 4.98 Å². The molecule has 1 aromatic carbocycles. The largest absolute Gasteiger partial charge is 0.494 e. The molecule has 0 unspecified atom stereocenters. The van der Waals surface area contributed by atoms with Crippen molar-refractivity contribution in [2.45, 2.75) is 40.3 Å². The molecule has 0 radical (unpaired) electrons. The Labute approximate surface area is 160 Å². The van der Waals surface area contributed by atoms with Crippen molar-refractivity contribution in [2.24, 2.45) is 0 Å².